The minimum Gasteiger partial charge on any atom is -0.309 e. The number of rotatable bonds is 2. The Balaban J connectivity index is 1.90. The molecule has 1 nitrogen and oxygen atoms in total. The average molecular weight is 354 g/mol. The second-order valence-electron chi connectivity index (χ2n) is 6.40. The fraction of sp³-hybridized carbons (Fsp3) is 0. The number of halogens is 1. The monoisotopic (exact) mass is 353 g/mol. The van der Waals surface area contributed by atoms with Crippen LogP contribution >= 0.6 is 11.6 Å². The van der Waals surface area contributed by atoms with E-state index < -0.39 is 0 Å². The molecular weight excluding hydrogens is 338 g/mol. The van der Waals surface area contributed by atoms with Gasteiger partial charge in [0.1, 0.15) is 0 Å². The van der Waals surface area contributed by atoms with E-state index in [0.29, 0.717) is 0 Å². The van der Waals surface area contributed by atoms with Crippen molar-refractivity contribution >= 4 is 33.4 Å². The molecule has 0 fully saturated rings. The molecule has 1 heterocycles. The smallest absolute Gasteiger partial charge is 0.0541 e. The average Bonchev–Trinajstić information content (AvgIpc) is 3.02. The van der Waals surface area contributed by atoms with Crippen molar-refractivity contribution in [3.8, 4) is 16.8 Å². The summed E-state index contributed by atoms with van der Waals surface area (Å²) < 4.78 is 2.35. The number of hydrogen-bond acceptors (Lipinski definition) is 0. The summed E-state index contributed by atoms with van der Waals surface area (Å²) >= 11 is 6.26. The quantitative estimate of drug-likeness (QED) is 0.319. The summed E-state index contributed by atoms with van der Waals surface area (Å²) in [5, 5.41) is 3.28. The molecule has 0 atom stereocenters. The molecule has 0 spiro atoms. The van der Waals surface area contributed by atoms with Gasteiger partial charge in [-0.2, -0.15) is 0 Å². The fourth-order valence-corrected chi connectivity index (χ4v) is 3.94. The Morgan fingerprint density at radius 1 is 0.577 bits per heavy atom. The first-order valence-electron chi connectivity index (χ1n) is 8.66. The number of aromatic nitrogens is 1. The van der Waals surface area contributed by atoms with E-state index in [4.69, 9.17) is 11.6 Å². The zero-order chi connectivity index (χ0) is 17.5. The highest BCUT2D eigenvalue weighted by molar-refractivity contribution is 6.30. The Hall–Kier alpha value is -3.03. The maximum atomic E-state index is 6.26. The van der Waals surface area contributed by atoms with Gasteiger partial charge >= 0.3 is 0 Å². The van der Waals surface area contributed by atoms with Crippen molar-refractivity contribution in [2.24, 2.45) is 0 Å². The highest BCUT2D eigenvalue weighted by Crippen LogP contribution is 2.36. The number of nitrogens with zero attached hydrogens (tertiary/aromatic N) is 1. The second-order valence-corrected chi connectivity index (χ2v) is 6.83. The predicted molar refractivity (Wildman–Crippen MR) is 111 cm³/mol. The van der Waals surface area contributed by atoms with Gasteiger partial charge in [-0.3, -0.25) is 0 Å². The summed E-state index contributed by atoms with van der Waals surface area (Å²) in [5.74, 6) is 0. The van der Waals surface area contributed by atoms with E-state index in [1.165, 1.54) is 27.4 Å². The topological polar surface area (TPSA) is 4.93 Å². The van der Waals surface area contributed by atoms with Gasteiger partial charge in [-0.15, -0.1) is 0 Å². The molecule has 4 aromatic carbocycles. The van der Waals surface area contributed by atoms with Crippen LogP contribution in [0.5, 0.6) is 0 Å². The van der Waals surface area contributed by atoms with Gasteiger partial charge in [0.15, 0.2) is 0 Å². The van der Waals surface area contributed by atoms with Crippen LogP contribution in [0.2, 0.25) is 5.02 Å². The molecule has 0 saturated carbocycles. The minimum absolute atomic E-state index is 0.750. The SMILES string of the molecule is Clc1cccc(-c2ccccc2-n2c3ccccc3c3ccccc32)c1. The van der Waals surface area contributed by atoms with Crippen molar-refractivity contribution in [1.29, 1.82) is 0 Å². The van der Waals surface area contributed by atoms with Crippen LogP contribution in [0.1, 0.15) is 0 Å². The summed E-state index contributed by atoms with van der Waals surface area (Å²) in [5.41, 5.74) is 5.87. The maximum absolute atomic E-state index is 6.26. The second kappa shape index (κ2) is 6.05. The molecule has 5 rings (SSSR count). The molecule has 2 heteroatoms. The molecule has 0 aliphatic rings. The zero-order valence-electron chi connectivity index (χ0n) is 14.1. The summed E-state index contributed by atoms with van der Waals surface area (Å²) in [6, 6.07) is 33.7. The standard InChI is InChI=1S/C24H16ClN/c25-18-9-7-8-17(16-18)19-10-1-4-13-22(19)26-23-14-5-2-11-20(23)21-12-3-6-15-24(21)26/h1-16H. The largest absolute Gasteiger partial charge is 0.309 e. The van der Waals surface area contributed by atoms with Gasteiger partial charge in [-0.25, -0.2) is 0 Å². The van der Waals surface area contributed by atoms with Gasteiger partial charge in [-0.05, 0) is 35.9 Å². The lowest BCUT2D eigenvalue weighted by atomic mass is 10.0. The molecule has 0 radical (unpaired) electrons. The normalized spacial score (nSPS) is 11.3. The molecule has 1 aromatic heterocycles. The Morgan fingerprint density at radius 3 is 1.88 bits per heavy atom. The van der Waals surface area contributed by atoms with Gasteiger partial charge < -0.3 is 4.57 Å². The fourth-order valence-electron chi connectivity index (χ4n) is 3.75. The molecular formula is C24H16ClN. The van der Waals surface area contributed by atoms with Crippen LogP contribution in [0.15, 0.2) is 97.1 Å². The third-order valence-corrected chi connectivity index (χ3v) is 5.10. The van der Waals surface area contributed by atoms with Crippen molar-refractivity contribution < 1.29 is 0 Å². The summed E-state index contributed by atoms with van der Waals surface area (Å²) in [4.78, 5) is 0. The van der Waals surface area contributed by atoms with E-state index in [9.17, 15) is 0 Å². The van der Waals surface area contributed by atoms with E-state index in [1.54, 1.807) is 0 Å². The lowest BCUT2D eigenvalue weighted by Gasteiger charge is -2.14. The van der Waals surface area contributed by atoms with E-state index in [0.717, 1.165) is 16.3 Å². The van der Waals surface area contributed by atoms with E-state index in [2.05, 4.69) is 83.4 Å². The summed E-state index contributed by atoms with van der Waals surface area (Å²) in [7, 11) is 0. The van der Waals surface area contributed by atoms with E-state index >= 15 is 0 Å². The van der Waals surface area contributed by atoms with Crippen LogP contribution < -0.4 is 0 Å². The summed E-state index contributed by atoms with van der Waals surface area (Å²) in [6.45, 7) is 0. The lowest BCUT2D eigenvalue weighted by Crippen LogP contribution is -1.96. The highest BCUT2D eigenvalue weighted by atomic mass is 35.5. The van der Waals surface area contributed by atoms with Crippen LogP contribution in [0, 0.1) is 0 Å². The number of para-hydroxylation sites is 3. The van der Waals surface area contributed by atoms with E-state index in [1.807, 2.05) is 18.2 Å². The van der Waals surface area contributed by atoms with Crippen molar-refractivity contribution in [2.45, 2.75) is 0 Å². The van der Waals surface area contributed by atoms with Crippen molar-refractivity contribution in [3.05, 3.63) is 102 Å². The molecule has 124 valence electrons. The lowest BCUT2D eigenvalue weighted by molar-refractivity contribution is 1.18. The minimum atomic E-state index is 0.750. The summed E-state index contributed by atoms with van der Waals surface area (Å²) in [6.07, 6.45) is 0. The van der Waals surface area contributed by atoms with Crippen LogP contribution in [0.4, 0.5) is 0 Å². The Morgan fingerprint density at radius 2 is 1.19 bits per heavy atom. The van der Waals surface area contributed by atoms with Gasteiger partial charge in [0.05, 0.1) is 16.7 Å². The molecule has 0 saturated heterocycles. The molecule has 0 aliphatic heterocycles. The number of fused-ring (bicyclic) bond motifs is 3. The van der Waals surface area contributed by atoms with Gasteiger partial charge in [0, 0.05) is 21.4 Å². The van der Waals surface area contributed by atoms with E-state index in [-0.39, 0.29) is 0 Å². The molecule has 26 heavy (non-hydrogen) atoms. The van der Waals surface area contributed by atoms with Gasteiger partial charge in [0.25, 0.3) is 0 Å². The molecule has 0 amide bonds. The van der Waals surface area contributed by atoms with Crippen molar-refractivity contribution in [2.75, 3.05) is 0 Å². The van der Waals surface area contributed by atoms with Crippen molar-refractivity contribution in [1.82, 2.24) is 4.57 Å². The molecule has 0 unspecified atom stereocenters. The number of hydrogen-bond donors (Lipinski definition) is 0. The first-order valence-corrected chi connectivity index (χ1v) is 9.04. The van der Waals surface area contributed by atoms with Crippen LogP contribution in [0.3, 0.4) is 0 Å². The maximum Gasteiger partial charge on any atom is 0.0541 e. The first kappa shape index (κ1) is 15.2. The van der Waals surface area contributed by atoms with Crippen LogP contribution in [0.25, 0.3) is 38.6 Å². The molecule has 5 aromatic rings. The third kappa shape index (κ3) is 2.33. The van der Waals surface area contributed by atoms with Crippen LogP contribution in [-0.4, -0.2) is 4.57 Å². The molecule has 0 bridgehead atoms. The predicted octanol–water partition coefficient (Wildman–Crippen LogP) is 7.10. The molecule has 0 N–H and O–H groups in total. The van der Waals surface area contributed by atoms with Crippen molar-refractivity contribution in [3.63, 3.8) is 0 Å². The van der Waals surface area contributed by atoms with Gasteiger partial charge in [0.2, 0.25) is 0 Å². The van der Waals surface area contributed by atoms with Crippen LogP contribution in [-0.2, 0) is 0 Å². The highest BCUT2D eigenvalue weighted by Gasteiger charge is 2.14. The molecule has 0 aliphatic carbocycles. The third-order valence-electron chi connectivity index (χ3n) is 4.86. The number of benzene rings is 4. The Bertz CT molecular complexity index is 1200. The Labute approximate surface area is 157 Å². The zero-order valence-corrected chi connectivity index (χ0v) is 14.8. The first-order chi connectivity index (χ1) is 12.8. The van der Waals surface area contributed by atoms with Gasteiger partial charge in [-0.1, -0.05) is 78.3 Å². The Kier molecular flexibility index (Phi) is 3.55.